The van der Waals surface area contributed by atoms with Crippen LogP contribution in [-0.2, 0) is 16.0 Å². The fraction of sp³-hybridized carbons (Fsp3) is 0.125. The van der Waals surface area contributed by atoms with Gasteiger partial charge in [0.05, 0.1) is 29.3 Å². The van der Waals surface area contributed by atoms with Crippen LogP contribution in [0.2, 0.25) is 0 Å². The lowest BCUT2D eigenvalue weighted by atomic mass is 9.96. The number of carbonyl (C=O) groups excluding carboxylic acids is 4. The van der Waals surface area contributed by atoms with E-state index >= 15 is 0 Å². The van der Waals surface area contributed by atoms with Crippen LogP contribution in [0, 0.1) is 0 Å². The molecule has 1 aliphatic rings. The van der Waals surface area contributed by atoms with Crippen molar-refractivity contribution in [1.82, 2.24) is 0 Å². The number of hydrogen-bond donors (Lipinski definition) is 0. The molecule has 0 fully saturated rings. The lowest BCUT2D eigenvalue weighted by Gasteiger charge is -2.15. The zero-order valence-electron chi connectivity index (χ0n) is 20.8. The summed E-state index contributed by atoms with van der Waals surface area (Å²) in [5.74, 6) is -1.68. The van der Waals surface area contributed by atoms with E-state index < -0.39 is 5.92 Å². The summed E-state index contributed by atoms with van der Waals surface area (Å²) in [7, 11) is 0. The number of fused-ring (bicyclic) bond motifs is 1. The highest BCUT2D eigenvalue weighted by molar-refractivity contribution is 6.34. The van der Waals surface area contributed by atoms with Crippen molar-refractivity contribution in [3.8, 4) is 0 Å². The molecule has 0 bridgehead atoms. The molecule has 0 spiro atoms. The third-order valence-electron chi connectivity index (χ3n) is 6.66. The second-order valence-electron chi connectivity index (χ2n) is 9.12. The quantitative estimate of drug-likeness (QED) is 0.177. The Hall–Kier alpha value is -4.84. The highest BCUT2D eigenvalue weighted by Gasteiger charge is 2.36. The van der Waals surface area contributed by atoms with Crippen LogP contribution in [0.4, 0.5) is 5.69 Å². The third-order valence-corrected chi connectivity index (χ3v) is 6.66. The Balaban J connectivity index is 1.17. The number of hydrogen-bond acceptors (Lipinski definition) is 5. The first kappa shape index (κ1) is 24.8. The van der Waals surface area contributed by atoms with E-state index in [9.17, 15) is 19.2 Å². The summed E-state index contributed by atoms with van der Waals surface area (Å²) in [6.07, 6.45) is 0.480. The maximum absolute atomic E-state index is 12.8. The number of anilines is 1. The molecule has 1 atom stereocenters. The van der Waals surface area contributed by atoms with Gasteiger partial charge in [0.1, 0.15) is 0 Å². The van der Waals surface area contributed by atoms with Crippen LogP contribution < -0.4 is 4.90 Å². The van der Waals surface area contributed by atoms with Crippen molar-refractivity contribution in [3.05, 3.63) is 137 Å². The molecule has 38 heavy (non-hydrogen) atoms. The Morgan fingerprint density at radius 1 is 0.737 bits per heavy atom. The van der Waals surface area contributed by atoms with Crippen molar-refractivity contribution in [2.75, 3.05) is 11.5 Å². The number of ketones is 1. The molecule has 2 amide bonds. The van der Waals surface area contributed by atoms with E-state index in [-0.39, 0.29) is 30.2 Å². The van der Waals surface area contributed by atoms with Crippen molar-refractivity contribution < 1.29 is 23.9 Å². The molecule has 0 saturated carbocycles. The minimum atomic E-state index is -0.533. The van der Waals surface area contributed by atoms with Crippen molar-refractivity contribution in [3.63, 3.8) is 0 Å². The van der Waals surface area contributed by atoms with Crippen LogP contribution in [0.5, 0.6) is 0 Å². The van der Waals surface area contributed by atoms with Gasteiger partial charge in [0.25, 0.3) is 11.8 Å². The van der Waals surface area contributed by atoms with Gasteiger partial charge in [-0.3, -0.25) is 19.2 Å². The van der Waals surface area contributed by atoms with E-state index in [4.69, 9.17) is 4.74 Å². The molecule has 0 N–H and O–H groups in total. The number of carbonyl (C=O) groups is 4. The van der Waals surface area contributed by atoms with Crippen LogP contribution in [0.15, 0.2) is 103 Å². The predicted molar refractivity (Wildman–Crippen MR) is 143 cm³/mol. The summed E-state index contributed by atoms with van der Waals surface area (Å²) in [5.41, 5.74) is 4.02. The summed E-state index contributed by atoms with van der Waals surface area (Å²) >= 11 is 0. The fourth-order valence-corrected chi connectivity index (χ4v) is 4.47. The van der Waals surface area contributed by atoms with Crippen molar-refractivity contribution in [2.24, 2.45) is 0 Å². The second-order valence-corrected chi connectivity index (χ2v) is 9.12. The van der Waals surface area contributed by atoms with Crippen LogP contribution in [-0.4, -0.2) is 30.2 Å². The Bertz CT molecular complexity index is 1490. The molecular weight excluding hydrogens is 478 g/mol. The van der Waals surface area contributed by atoms with E-state index in [1.165, 1.54) is 4.90 Å². The van der Waals surface area contributed by atoms with Crippen molar-refractivity contribution in [2.45, 2.75) is 19.3 Å². The van der Waals surface area contributed by atoms with E-state index in [2.05, 4.69) is 0 Å². The first-order valence-electron chi connectivity index (χ1n) is 12.4. The number of amides is 2. The van der Waals surface area contributed by atoms with Crippen LogP contribution >= 0.6 is 0 Å². The molecule has 1 unspecified atom stereocenters. The van der Waals surface area contributed by atoms with Gasteiger partial charge in [0.2, 0.25) is 0 Å². The van der Waals surface area contributed by atoms with E-state index in [1.807, 2.05) is 36.4 Å². The molecule has 0 saturated heterocycles. The predicted octanol–water partition coefficient (Wildman–Crippen LogP) is 5.61. The molecule has 0 aromatic heterocycles. The Labute approximate surface area is 220 Å². The van der Waals surface area contributed by atoms with Gasteiger partial charge in [0, 0.05) is 17.5 Å². The summed E-state index contributed by atoms with van der Waals surface area (Å²) in [5, 5.41) is 0. The van der Waals surface area contributed by atoms with Crippen molar-refractivity contribution in [1.29, 1.82) is 0 Å². The molecule has 5 rings (SSSR count). The molecule has 1 heterocycles. The van der Waals surface area contributed by atoms with Gasteiger partial charge >= 0.3 is 5.97 Å². The molecule has 0 radical (unpaired) electrons. The number of rotatable bonds is 8. The summed E-state index contributed by atoms with van der Waals surface area (Å²) in [4.78, 5) is 52.0. The SMILES string of the molecule is CC(C(=O)OCCc1ccc(N2C(=O)c3ccccc3C2=O)cc1)c1cccc(C(=O)c2ccccc2)c1. The number of esters is 1. The second kappa shape index (κ2) is 10.6. The van der Waals surface area contributed by atoms with Gasteiger partial charge in [0.15, 0.2) is 5.78 Å². The summed E-state index contributed by atoms with van der Waals surface area (Å²) in [6, 6.07) is 29.9. The van der Waals surface area contributed by atoms with Gasteiger partial charge in [-0.15, -0.1) is 0 Å². The normalized spacial score (nSPS) is 13.2. The van der Waals surface area contributed by atoms with Gasteiger partial charge in [-0.05, 0) is 48.4 Å². The van der Waals surface area contributed by atoms with Crippen LogP contribution in [0.3, 0.4) is 0 Å². The molecule has 1 aliphatic heterocycles. The lowest BCUT2D eigenvalue weighted by Crippen LogP contribution is -2.29. The molecule has 4 aromatic rings. The molecule has 6 heteroatoms. The minimum absolute atomic E-state index is 0.0994. The maximum Gasteiger partial charge on any atom is 0.313 e. The first-order valence-corrected chi connectivity index (χ1v) is 12.4. The molecule has 0 aliphatic carbocycles. The van der Waals surface area contributed by atoms with E-state index in [0.717, 1.165) is 5.56 Å². The number of benzene rings is 4. The van der Waals surface area contributed by atoms with Crippen LogP contribution in [0.25, 0.3) is 0 Å². The third kappa shape index (κ3) is 4.89. The fourth-order valence-electron chi connectivity index (χ4n) is 4.47. The summed E-state index contributed by atoms with van der Waals surface area (Å²) in [6.45, 7) is 1.93. The van der Waals surface area contributed by atoms with E-state index in [1.54, 1.807) is 73.7 Å². The topological polar surface area (TPSA) is 80.8 Å². The standard InChI is InChI=1S/C32H25NO5/c1-21(24-10-7-11-25(20-24)29(34)23-8-3-2-4-9-23)32(37)38-19-18-22-14-16-26(17-15-22)33-30(35)27-12-5-6-13-28(27)31(33)36/h2-17,20-21H,18-19H2,1H3. The highest BCUT2D eigenvalue weighted by atomic mass is 16.5. The number of nitrogens with zero attached hydrogens (tertiary/aromatic N) is 1. The van der Waals surface area contributed by atoms with Gasteiger partial charge in [-0.2, -0.15) is 0 Å². The molecular formula is C32H25NO5. The van der Waals surface area contributed by atoms with E-state index in [0.29, 0.717) is 39.9 Å². The number of ether oxygens (including phenoxy) is 1. The largest absolute Gasteiger partial charge is 0.465 e. The molecule has 4 aromatic carbocycles. The lowest BCUT2D eigenvalue weighted by molar-refractivity contribution is -0.144. The smallest absolute Gasteiger partial charge is 0.313 e. The Morgan fingerprint density at radius 3 is 2.00 bits per heavy atom. The zero-order valence-corrected chi connectivity index (χ0v) is 20.8. The van der Waals surface area contributed by atoms with Crippen molar-refractivity contribution >= 4 is 29.3 Å². The minimum Gasteiger partial charge on any atom is -0.465 e. The average molecular weight is 504 g/mol. The van der Waals surface area contributed by atoms with Gasteiger partial charge in [-0.25, -0.2) is 4.90 Å². The first-order chi connectivity index (χ1) is 18.4. The van der Waals surface area contributed by atoms with Gasteiger partial charge in [-0.1, -0.05) is 72.8 Å². The number of imide groups is 1. The van der Waals surface area contributed by atoms with Crippen LogP contribution in [0.1, 0.15) is 60.6 Å². The Kier molecular flexibility index (Phi) is 6.96. The highest BCUT2D eigenvalue weighted by Crippen LogP contribution is 2.28. The zero-order chi connectivity index (χ0) is 26.6. The Morgan fingerprint density at radius 2 is 1.34 bits per heavy atom. The molecule has 6 nitrogen and oxygen atoms in total. The summed E-state index contributed by atoms with van der Waals surface area (Å²) < 4.78 is 5.51. The maximum atomic E-state index is 12.8. The molecule has 188 valence electrons. The average Bonchev–Trinajstić information content (AvgIpc) is 3.22. The monoisotopic (exact) mass is 503 g/mol. The van der Waals surface area contributed by atoms with Gasteiger partial charge < -0.3 is 4.74 Å².